The van der Waals surface area contributed by atoms with E-state index in [0.29, 0.717) is 17.5 Å². The predicted molar refractivity (Wildman–Crippen MR) is 106 cm³/mol. The molecule has 5 nitrogen and oxygen atoms in total. The van der Waals surface area contributed by atoms with Crippen molar-refractivity contribution in [1.82, 2.24) is 9.99 Å². The predicted octanol–water partition coefficient (Wildman–Crippen LogP) is 4.32. The van der Waals surface area contributed by atoms with Gasteiger partial charge >= 0.3 is 0 Å². The molecule has 2 heterocycles. The molecular formula is C19H22F2N4OS. The number of thioether (sulfide) groups is 1. The molecule has 0 amide bonds. The topological polar surface area (TPSA) is 50.9 Å². The number of nitrogens with zero attached hydrogens (tertiary/aromatic N) is 3. The Morgan fingerprint density at radius 3 is 2.74 bits per heavy atom. The van der Waals surface area contributed by atoms with Crippen LogP contribution in [0.3, 0.4) is 0 Å². The lowest BCUT2D eigenvalue weighted by atomic mass is 10.1. The third kappa shape index (κ3) is 4.22. The van der Waals surface area contributed by atoms with Crippen LogP contribution in [0.2, 0.25) is 0 Å². The van der Waals surface area contributed by atoms with Crippen LogP contribution >= 0.6 is 11.8 Å². The van der Waals surface area contributed by atoms with Gasteiger partial charge in [0.15, 0.2) is 11.0 Å². The summed E-state index contributed by atoms with van der Waals surface area (Å²) in [6, 6.07) is 5.65. The lowest BCUT2D eigenvalue weighted by Gasteiger charge is -2.19. The van der Waals surface area contributed by atoms with Gasteiger partial charge < -0.3 is 9.30 Å². The van der Waals surface area contributed by atoms with E-state index in [2.05, 4.69) is 46.9 Å². The minimum atomic E-state index is -0.699. The molecule has 2 aromatic rings. The van der Waals surface area contributed by atoms with Crippen molar-refractivity contribution in [2.24, 2.45) is 10.1 Å². The van der Waals surface area contributed by atoms with E-state index in [9.17, 15) is 8.78 Å². The van der Waals surface area contributed by atoms with Crippen LogP contribution in [-0.4, -0.2) is 34.9 Å². The average molecular weight is 392 g/mol. The summed E-state index contributed by atoms with van der Waals surface area (Å²) in [7, 11) is 1.70. The standard InChI is InChI=1S/C19H22F2N4OS/c1-11-7-15(13(3)25(11)12(2)9-26-4)18-10-27-19(24-23-18)22-17-6-5-14(20)8-16(17)21/h5-8,12H,9-10H2,1-4H3,(H,22,24). The molecule has 144 valence electrons. The number of methoxy groups -OCH3 is 1. The normalized spacial score (nSPS) is 17.0. The van der Waals surface area contributed by atoms with Crippen molar-refractivity contribution in [2.45, 2.75) is 26.8 Å². The quantitative estimate of drug-likeness (QED) is 0.825. The summed E-state index contributed by atoms with van der Waals surface area (Å²) in [5.41, 5.74) is 7.21. The zero-order valence-corrected chi connectivity index (χ0v) is 16.5. The maximum Gasteiger partial charge on any atom is 0.182 e. The number of aliphatic imine (C=N–C) groups is 1. The number of aryl methyl sites for hydroxylation is 1. The van der Waals surface area contributed by atoms with Crippen LogP contribution in [-0.2, 0) is 4.74 Å². The second-order valence-corrected chi connectivity index (χ2v) is 7.39. The fourth-order valence-corrected chi connectivity index (χ4v) is 4.02. The van der Waals surface area contributed by atoms with Gasteiger partial charge in [-0.25, -0.2) is 13.8 Å². The fourth-order valence-electron chi connectivity index (χ4n) is 3.26. The SMILES string of the molecule is COCC(C)n1c(C)cc(C2=NNC(=Nc3ccc(F)cc3F)SC2)c1C. The molecule has 1 N–H and O–H groups in total. The first kappa shape index (κ1) is 19.6. The van der Waals surface area contributed by atoms with Gasteiger partial charge in [-0.3, -0.25) is 5.43 Å². The zero-order valence-electron chi connectivity index (χ0n) is 15.7. The lowest BCUT2D eigenvalue weighted by molar-refractivity contribution is 0.161. The Bertz CT molecular complexity index is 907. The number of hydrazone groups is 1. The number of rotatable bonds is 5. The second kappa shape index (κ2) is 8.22. The molecule has 0 fully saturated rings. The van der Waals surface area contributed by atoms with Crippen LogP contribution in [0.15, 0.2) is 34.4 Å². The Kier molecular flexibility index (Phi) is 5.96. The molecular weight excluding hydrogens is 370 g/mol. The zero-order chi connectivity index (χ0) is 19.6. The van der Waals surface area contributed by atoms with Gasteiger partial charge in [-0.15, -0.1) is 0 Å². The van der Waals surface area contributed by atoms with Crippen molar-refractivity contribution in [1.29, 1.82) is 0 Å². The van der Waals surface area contributed by atoms with E-state index in [4.69, 9.17) is 4.74 Å². The largest absolute Gasteiger partial charge is 0.383 e. The van der Waals surface area contributed by atoms with Crippen molar-refractivity contribution in [3.05, 3.63) is 52.9 Å². The number of hydrogen-bond acceptors (Lipinski definition) is 4. The molecule has 1 atom stereocenters. The smallest absolute Gasteiger partial charge is 0.182 e. The fraction of sp³-hybridized carbons (Fsp3) is 0.368. The van der Waals surface area contributed by atoms with Crippen molar-refractivity contribution in [3.8, 4) is 0 Å². The van der Waals surface area contributed by atoms with Crippen molar-refractivity contribution >= 4 is 28.3 Å². The van der Waals surface area contributed by atoms with Crippen LogP contribution in [0, 0.1) is 25.5 Å². The number of amidine groups is 1. The highest BCUT2D eigenvalue weighted by Crippen LogP contribution is 2.25. The molecule has 1 aromatic carbocycles. The minimum absolute atomic E-state index is 0.0802. The van der Waals surface area contributed by atoms with E-state index in [-0.39, 0.29) is 11.7 Å². The summed E-state index contributed by atoms with van der Waals surface area (Å²) in [4.78, 5) is 4.18. The Hall–Kier alpha value is -2.19. The molecule has 3 rings (SSSR count). The van der Waals surface area contributed by atoms with Gasteiger partial charge in [-0.2, -0.15) is 5.10 Å². The summed E-state index contributed by atoms with van der Waals surface area (Å²) < 4.78 is 34.3. The van der Waals surface area contributed by atoms with Crippen molar-refractivity contribution in [2.75, 3.05) is 19.5 Å². The number of nitrogens with one attached hydrogen (secondary N) is 1. The maximum absolute atomic E-state index is 13.8. The summed E-state index contributed by atoms with van der Waals surface area (Å²) in [6.45, 7) is 6.89. The first-order valence-electron chi connectivity index (χ1n) is 8.57. The van der Waals surface area contributed by atoms with Crippen LogP contribution in [0.4, 0.5) is 14.5 Å². The molecule has 1 aliphatic rings. The molecule has 1 aromatic heterocycles. The Balaban J connectivity index is 1.81. The number of aromatic nitrogens is 1. The van der Waals surface area contributed by atoms with Gasteiger partial charge in [0.25, 0.3) is 0 Å². The van der Waals surface area contributed by atoms with Crippen LogP contribution < -0.4 is 5.43 Å². The first-order valence-corrected chi connectivity index (χ1v) is 9.56. The summed E-state index contributed by atoms with van der Waals surface area (Å²) >= 11 is 1.43. The van der Waals surface area contributed by atoms with Crippen LogP contribution in [0.1, 0.15) is 29.9 Å². The molecule has 0 saturated carbocycles. The molecule has 1 aliphatic heterocycles. The third-order valence-corrected chi connectivity index (χ3v) is 5.28. The van der Waals surface area contributed by atoms with Crippen LogP contribution in [0.25, 0.3) is 0 Å². The van der Waals surface area contributed by atoms with E-state index in [1.807, 2.05) is 0 Å². The van der Waals surface area contributed by atoms with E-state index < -0.39 is 11.6 Å². The van der Waals surface area contributed by atoms with Gasteiger partial charge in [0, 0.05) is 35.9 Å². The van der Waals surface area contributed by atoms with Gasteiger partial charge in [-0.05, 0) is 39.0 Å². The molecule has 27 heavy (non-hydrogen) atoms. The van der Waals surface area contributed by atoms with Gasteiger partial charge in [0.2, 0.25) is 0 Å². The molecule has 1 unspecified atom stereocenters. The number of benzene rings is 1. The highest BCUT2D eigenvalue weighted by atomic mass is 32.2. The Morgan fingerprint density at radius 2 is 2.11 bits per heavy atom. The molecule has 0 radical (unpaired) electrons. The first-order chi connectivity index (χ1) is 12.9. The average Bonchev–Trinajstić information content (AvgIpc) is 2.93. The molecule has 0 aliphatic carbocycles. The molecule has 0 bridgehead atoms. The van der Waals surface area contributed by atoms with Crippen molar-refractivity contribution in [3.63, 3.8) is 0 Å². The Labute approximate surface area is 161 Å². The molecule has 0 spiro atoms. The highest BCUT2D eigenvalue weighted by Gasteiger charge is 2.20. The molecule has 0 saturated heterocycles. The maximum atomic E-state index is 13.8. The summed E-state index contributed by atoms with van der Waals surface area (Å²) in [6.07, 6.45) is 0. The van der Waals surface area contributed by atoms with Crippen LogP contribution in [0.5, 0.6) is 0 Å². The highest BCUT2D eigenvalue weighted by molar-refractivity contribution is 8.14. The van der Waals surface area contributed by atoms with Crippen molar-refractivity contribution < 1.29 is 13.5 Å². The molecule has 8 heteroatoms. The second-order valence-electron chi connectivity index (χ2n) is 6.43. The number of ether oxygens (including phenoxy) is 1. The monoisotopic (exact) mass is 392 g/mol. The van der Waals surface area contributed by atoms with Gasteiger partial charge in [-0.1, -0.05) is 11.8 Å². The Morgan fingerprint density at radius 1 is 1.33 bits per heavy atom. The van der Waals surface area contributed by atoms with Gasteiger partial charge in [0.05, 0.1) is 18.4 Å². The summed E-state index contributed by atoms with van der Waals surface area (Å²) in [5.74, 6) is -0.716. The lowest BCUT2D eigenvalue weighted by Crippen LogP contribution is -2.25. The van der Waals surface area contributed by atoms with E-state index in [1.165, 1.54) is 23.9 Å². The minimum Gasteiger partial charge on any atom is -0.383 e. The third-order valence-electron chi connectivity index (χ3n) is 4.41. The van der Waals surface area contributed by atoms with E-state index in [1.54, 1.807) is 7.11 Å². The van der Waals surface area contributed by atoms with Gasteiger partial charge in [0.1, 0.15) is 11.5 Å². The van der Waals surface area contributed by atoms with E-state index in [0.717, 1.165) is 28.7 Å². The number of hydrogen-bond donors (Lipinski definition) is 1. The number of halogens is 2. The van der Waals surface area contributed by atoms with E-state index >= 15 is 0 Å². The summed E-state index contributed by atoms with van der Waals surface area (Å²) in [5, 5.41) is 4.90.